The van der Waals surface area contributed by atoms with Crippen LogP contribution in [0.4, 0.5) is 0 Å². The number of hydrogen-bond donors (Lipinski definition) is 3. The van der Waals surface area contributed by atoms with Gasteiger partial charge in [0.15, 0.2) is 11.5 Å². The molecule has 7 nitrogen and oxygen atoms in total. The number of ketones is 2. The number of rotatable bonds is 3. The maximum absolute atomic E-state index is 12.4. The van der Waals surface area contributed by atoms with Crippen molar-refractivity contribution in [3.63, 3.8) is 0 Å². The number of fused-ring (bicyclic) bond motifs is 1. The second-order valence-corrected chi connectivity index (χ2v) is 4.43. The minimum Gasteiger partial charge on any atom is -0.506 e. The highest BCUT2D eigenvalue weighted by Crippen LogP contribution is 2.46. The van der Waals surface area contributed by atoms with Gasteiger partial charge in [0.05, 0.1) is 30.9 Å². The predicted molar refractivity (Wildman–Crippen MR) is 75.8 cm³/mol. The van der Waals surface area contributed by atoms with Gasteiger partial charge in [-0.05, 0) is 6.92 Å². The molecule has 0 amide bonds. The Labute approximate surface area is 125 Å². The molecule has 116 valence electrons. The number of Topliss-reactive ketones (excluding diaryl/α,β-unsaturated/α-hetero) is 2. The number of methoxy groups -OCH3 is 2. The third kappa shape index (κ3) is 1.90. The molecule has 2 rings (SSSR count). The van der Waals surface area contributed by atoms with E-state index in [-0.39, 0.29) is 11.3 Å². The zero-order valence-electron chi connectivity index (χ0n) is 12.1. The zero-order chi connectivity index (χ0) is 16.6. The summed E-state index contributed by atoms with van der Waals surface area (Å²) in [5.74, 6) is -4.61. The summed E-state index contributed by atoms with van der Waals surface area (Å²) in [6.07, 6.45) is 2.79. The Morgan fingerprint density at radius 3 is 1.68 bits per heavy atom. The Balaban J connectivity index is 2.91. The van der Waals surface area contributed by atoms with Gasteiger partial charge in [0, 0.05) is 0 Å². The average molecular weight is 306 g/mol. The van der Waals surface area contributed by atoms with E-state index in [1.165, 1.54) is 19.3 Å². The summed E-state index contributed by atoms with van der Waals surface area (Å²) in [7, 11) is 2.34. The first-order valence-electron chi connectivity index (χ1n) is 6.25. The molecule has 0 aromatic heterocycles. The Bertz CT molecular complexity index is 741. The average Bonchev–Trinajstić information content (AvgIpc) is 2.50. The first-order valence-corrected chi connectivity index (χ1v) is 6.25. The smallest absolute Gasteiger partial charge is 0.236 e. The quantitative estimate of drug-likeness (QED) is 0.575. The van der Waals surface area contributed by atoms with Crippen LogP contribution in [0.5, 0.6) is 17.2 Å². The fraction of sp³-hybridized carbons (Fsp3) is 0.200. The van der Waals surface area contributed by atoms with Gasteiger partial charge in [0.1, 0.15) is 5.75 Å². The number of phenols is 3. The van der Waals surface area contributed by atoms with Crippen LogP contribution in [0.2, 0.25) is 0 Å². The van der Waals surface area contributed by atoms with Crippen molar-refractivity contribution in [2.24, 2.45) is 0 Å². The van der Waals surface area contributed by atoms with E-state index in [1.807, 2.05) is 0 Å². The normalized spacial score (nSPS) is 14.5. The van der Waals surface area contributed by atoms with Gasteiger partial charge in [-0.1, -0.05) is 12.2 Å². The number of allylic oxidation sites excluding steroid dienone is 3. The molecule has 0 aliphatic heterocycles. The molecule has 0 unspecified atom stereocenters. The Morgan fingerprint density at radius 2 is 1.27 bits per heavy atom. The lowest BCUT2D eigenvalue weighted by molar-refractivity contribution is 0.0823. The first kappa shape index (κ1) is 15.4. The topological polar surface area (TPSA) is 113 Å². The van der Waals surface area contributed by atoms with Crippen LogP contribution in [0.3, 0.4) is 0 Å². The minimum absolute atomic E-state index is 0.170. The fourth-order valence-electron chi connectivity index (χ4n) is 2.30. The minimum atomic E-state index is -0.871. The lowest BCUT2D eigenvalue weighted by Gasteiger charge is -2.22. The molecule has 1 aromatic carbocycles. The Kier molecular flexibility index (Phi) is 3.81. The second kappa shape index (κ2) is 5.44. The summed E-state index contributed by atoms with van der Waals surface area (Å²) in [5, 5.41) is 30.2. The molecule has 0 saturated heterocycles. The van der Waals surface area contributed by atoms with Crippen LogP contribution in [0.15, 0.2) is 17.6 Å². The van der Waals surface area contributed by atoms with Crippen LogP contribution < -0.4 is 0 Å². The maximum Gasteiger partial charge on any atom is 0.236 e. The molecule has 0 fully saturated rings. The molecule has 1 aromatic rings. The molecule has 0 spiro atoms. The highest BCUT2D eigenvalue weighted by atomic mass is 16.5. The first-order chi connectivity index (χ1) is 10.4. The zero-order valence-corrected chi connectivity index (χ0v) is 12.1. The number of hydrogen-bond acceptors (Lipinski definition) is 7. The van der Waals surface area contributed by atoms with Crippen LogP contribution in [-0.4, -0.2) is 41.1 Å². The van der Waals surface area contributed by atoms with Crippen LogP contribution in [0.1, 0.15) is 33.2 Å². The molecular weight excluding hydrogens is 292 g/mol. The van der Waals surface area contributed by atoms with E-state index in [0.717, 1.165) is 7.11 Å². The third-order valence-corrected chi connectivity index (χ3v) is 3.27. The van der Waals surface area contributed by atoms with Crippen molar-refractivity contribution in [2.75, 3.05) is 14.2 Å². The number of carbonyl (C=O) groups is 2. The predicted octanol–water partition coefficient (Wildman–Crippen LogP) is 1.72. The molecular formula is C15H14O7. The summed E-state index contributed by atoms with van der Waals surface area (Å²) >= 11 is 0. The van der Waals surface area contributed by atoms with E-state index in [1.54, 1.807) is 6.92 Å². The van der Waals surface area contributed by atoms with E-state index in [2.05, 4.69) is 0 Å². The molecule has 0 heterocycles. The summed E-state index contributed by atoms with van der Waals surface area (Å²) < 4.78 is 9.71. The van der Waals surface area contributed by atoms with E-state index in [0.29, 0.717) is 0 Å². The van der Waals surface area contributed by atoms with Crippen molar-refractivity contribution >= 4 is 17.6 Å². The molecule has 1 aliphatic carbocycles. The molecule has 7 heteroatoms. The molecule has 3 N–H and O–H groups in total. The lowest BCUT2D eigenvalue weighted by atomic mass is 9.88. The number of ether oxygens (including phenoxy) is 2. The van der Waals surface area contributed by atoms with Crippen molar-refractivity contribution < 1.29 is 34.4 Å². The van der Waals surface area contributed by atoms with E-state index in [4.69, 9.17) is 9.47 Å². The van der Waals surface area contributed by atoms with Gasteiger partial charge >= 0.3 is 0 Å². The van der Waals surface area contributed by atoms with Crippen LogP contribution in [-0.2, 0) is 9.47 Å². The summed E-state index contributed by atoms with van der Waals surface area (Å²) in [6.45, 7) is 1.62. The standard InChI is InChI=1S/C15H14O7/c1-4-5-6-9(16)7-8(11(18)10(6)17)13(20)15(22-3)14(21-2)12(7)19/h4-5,16-18H,1-3H3/b5-4+. The van der Waals surface area contributed by atoms with Gasteiger partial charge in [0.2, 0.25) is 23.1 Å². The van der Waals surface area contributed by atoms with Gasteiger partial charge in [0.25, 0.3) is 0 Å². The maximum atomic E-state index is 12.4. The number of aromatic hydroxyl groups is 3. The fourth-order valence-corrected chi connectivity index (χ4v) is 2.30. The van der Waals surface area contributed by atoms with Crippen molar-refractivity contribution in [1.29, 1.82) is 0 Å². The van der Waals surface area contributed by atoms with Crippen molar-refractivity contribution in [1.82, 2.24) is 0 Å². The molecule has 0 saturated carbocycles. The van der Waals surface area contributed by atoms with E-state index < -0.39 is 45.7 Å². The van der Waals surface area contributed by atoms with Crippen molar-refractivity contribution in [2.45, 2.75) is 6.92 Å². The van der Waals surface area contributed by atoms with Crippen LogP contribution in [0.25, 0.3) is 6.08 Å². The molecule has 0 bridgehead atoms. The summed E-state index contributed by atoms with van der Waals surface area (Å²) in [5.41, 5.74) is -1.13. The SMILES string of the molecule is C/C=C/c1c(O)c(O)c2c(c1O)C(=O)C(OC)=C(OC)C2=O. The van der Waals surface area contributed by atoms with Gasteiger partial charge < -0.3 is 24.8 Å². The second-order valence-electron chi connectivity index (χ2n) is 4.43. The Morgan fingerprint density at radius 1 is 0.818 bits per heavy atom. The van der Waals surface area contributed by atoms with Crippen molar-refractivity contribution in [3.8, 4) is 17.2 Å². The largest absolute Gasteiger partial charge is 0.506 e. The highest BCUT2D eigenvalue weighted by Gasteiger charge is 2.41. The summed E-state index contributed by atoms with van der Waals surface area (Å²) in [6, 6.07) is 0. The van der Waals surface area contributed by atoms with E-state index in [9.17, 15) is 24.9 Å². The van der Waals surface area contributed by atoms with Gasteiger partial charge in [-0.25, -0.2) is 0 Å². The number of carbonyl (C=O) groups excluding carboxylic acids is 2. The van der Waals surface area contributed by atoms with Crippen molar-refractivity contribution in [3.05, 3.63) is 34.3 Å². The number of phenolic OH excluding ortho intramolecular Hbond substituents is 3. The monoisotopic (exact) mass is 306 g/mol. The highest BCUT2D eigenvalue weighted by molar-refractivity contribution is 6.28. The third-order valence-electron chi connectivity index (χ3n) is 3.27. The summed E-state index contributed by atoms with van der Waals surface area (Å²) in [4.78, 5) is 24.8. The van der Waals surface area contributed by atoms with E-state index >= 15 is 0 Å². The molecule has 0 atom stereocenters. The lowest BCUT2D eigenvalue weighted by Crippen LogP contribution is -2.24. The van der Waals surface area contributed by atoms with Crippen LogP contribution in [0, 0.1) is 0 Å². The molecule has 1 aliphatic rings. The van der Waals surface area contributed by atoms with Gasteiger partial charge in [-0.3, -0.25) is 9.59 Å². The number of benzene rings is 1. The molecule has 0 radical (unpaired) electrons. The van der Waals surface area contributed by atoms with Gasteiger partial charge in [-0.2, -0.15) is 0 Å². The van der Waals surface area contributed by atoms with Crippen LogP contribution >= 0.6 is 0 Å². The Hall–Kier alpha value is -2.96. The molecule has 22 heavy (non-hydrogen) atoms. The van der Waals surface area contributed by atoms with Gasteiger partial charge in [-0.15, -0.1) is 0 Å².